The number of hydrogen-bond donors (Lipinski definition) is 0. The van der Waals surface area contributed by atoms with E-state index in [0.29, 0.717) is 18.8 Å². The first-order valence-electron chi connectivity index (χ1n) is 12.8. The van der Waals surface area contributed by atoms with Gasteiger partial charge in [0.15, 0.2) is 0 Å². The summed E-state index contributed by atoms with van der Waals surface area (Å²) in [6.45, 7) is 5.08. The number of hydrogen-bond acceptors (Lipinski definition) is 4. The van der Waals surface area contributed by atoms with Crippen molar-refractivity contribution in [2.24, 2.45) is 5.92 Å². The predicted octanol–water partition coefficient (Wildman–Crippen LogP) is 4.25. The van der Waals surface area contributed by atoms with Gasteiger partial charge in [0.05, 0.1) is 17.9 Å². The number of aryl methyl sites for hydroxylation is 2. The number of carbonyl (C=O) groups excluding carboxylic acids is 2. The van der Waals surface area contributed by atoms with E-state index in [4.69, 9.17) is 5.10 Å². The Morgan fingerprint density at radius 3 is 2.38 bits per heavy atom. The molecule has 8 heteroatoms. The van der Waals surface area contributed by atoms with Gasteiger partial charge in [0.25, 0.3) is 5.91 Å². The van der Waals surface area contributed by atoms with Crippen LogP contribution in [0.15, 0.2) is 60.9 Å². The highest BCUT2D eigenvalue weighted by atomic mass is 16.2. The van der Waals surface area contributed by atoms with E-state index < -0.39 is 0 Å². The van der Waals surface area contributed by atoms with Crippen molar-refractivity contribution in [2.75, 3.05) is 18.5 Å². The molecule has 0 atom stereocenters. The van der Waals surface area contributed by atoms with Crippen molar-refractivity contribution >= 4 is 17.5 Å². The number of fused-ring (bicyclic) bond motifs is 1. The SMILES string of the molecule is Cc1ccc(-n2nc(C)c3c2C(=O)N(c2ccc(-n4ccnc4CN(C)C(=O)C4CC4)cc2)CC3)cc1. The molecule has 0 bridgehead atoms. The lowest BCUT2D eigenvalue weighted by molar-refractivity contribution is -0.131. The third-order valence-electron chi connectivity index (χ3n) is 7.33. The third-order valence-corrected chi connectivity index (χ3v) is 7.33. The van der Waals surface area contributed by atoms with Gasteiger partial charge in [-0.05, 0) is 69.5 Å². The molecule has 8 nitrogen and oxygen atoms in total. The average molecular weight is 495 g/mol. The van der Waals surface area contributed by atoms with Gasteiger partial charge in [-0.25, -0.2) is 9.67 Å². The van der Waals surface area contributed by atoms with Crippen molar-refractivity contribution < 1.29 is 9.59 Å². The lowest BCUT2D eigenvalue weighted by atomic mass is 10.0. The highest BCUT2D eigenvalue weighted by Gasteiger charge is 2.33. The summed E-state index contributed by atoms with van der Waals surface area (Å²) >= 11 is 0. The van der Waals surface area contributed by atoms with Crippen LogP contribution >= 0.6 is 0 Å². The van der Waals surface area contributed by atoms with E-state index >= 15 is 0 Å². The summed E-state index contributed by atoms with van der Waals surface area (Å²) < 4.78 is 3.77. The van der Waals surface area contributed by atoms with Crippen LogP contribution in [0.5, 0.6) is 0 Å². The van der Waals surface area contributed by atoms with E-state index in [9.17, 15) is 9.59 Å². The second kappa shape index (κ2) is 9.03. The number of nitrogens with zero attached hydrogens (tertiary/aromatic N) is 6. The Morgan fingerprint density at radius 2 is 1.68 bits per heavy atom. The Morgan fingerprint density at radius 1 is 1.00 bits per heavy atom. The van der Waals surface area contributed by atoms with Crippen molar-refractivity contribution in [3.63, 3.8) is 0 Å². The van der Waals surface area contributed by atoms with Crippen molar-refractivity contribution in [1.29, 1.82) is 0 Å². The smallest absolute Gasteiger partial charge is 0.277 e. The Hall–Kier alpha value is -4.20. The molecule has 0 unspecified atom stereocenters. The Kier molecular flexibility index (Phi) is 5.67. The van der Waals surface area contributed by atoms with Gasteiger partial charge in [-0.3, -0.25) is 9.59 Å². The molecule has 2 amide bonds. The number of imidazole rings is 1. The maximum atomic E-state index is 13.7. The minimum absolute atomic E-state index is 0.0429. The lowest BCUT2D eigenvalue weighted by Crippen LogP contribution is -2.38. The lowest BCUT2D eigenvalue weighted by Gasteiger charge is -2.28. The first-order valence-corrected chi connectivity index (χ1v) is 12.8. The van der Waals surface area contributed by atoms with Crippen LogP contribution in [0.3, 0.4) is 0 Å². The van der Waals surface area contributed by atoms with Crippen LogP contribution in [-0.2, 0) is 17.8 Å². The highest BCUT2D eigenvalue weighted by molar-refractivity contribution is 6.07. The summed E-state index contributed by atoms with van der Waals surface area (Å²) in [6.07, 6.45) is 6.39. The molecular weight excluding hydrogens is 464 g/mol. The zero-order valence-electron chi connectivity index (χ0n) is 21.4. The summed E-state index contributed by atoms with van der Waals surface area (Å²) in [5, 5.41) is 4.71. The van der Waals surface area contributed by atoms with Gasteiger partial charge in [-0.2, -0.15) is 5.10 Å². The Labute approximate surface area is 216 Å². The number of rotatable bonds is 6. The number of anilines is 1. The standard InChI is InChI=1S/C29H30N6O2/c1-19-4-8-24(9-5-19)35-27-25(20(2)31-35)14-16-34(29(27)37)23-12-10-22(11-13-23)33-17-15-30-26(33)18-32(3)28(36)21-6-7-21/h4-5,8-13,15,17,21H,6-7,14,16,18H2,1-3H3. The van der Waals surface area contributed by atoms with Crippen LogP contribution in [0.4, 0.5) is 5.69 Å². The molecular formula is C29H30N6O2. The molecule has 3 heterocycles. The Balaban J connectivity index is 1.25. The van der Waals surface area contributed by atoms with Crippen LogP contribution in [-0.4, -0.2) is 49.6 Å². The normalized spacial score (nSPS) is 15.1. The van der Waals surface area contributed by atoms with Crippen LogP contribution in [0.25, 0.3) is 11.4 Å². The molecule has 0 spiro atoms. The van der Waals surface area contributed by atoms with Crippen LogP contribution in [0.2, 0.25) is 0 Å². The highest BCUT2D eigenvalue weighted by Crippen LogP contribution is 2.31. The maximum Gasteiger partial charge on any atom is 0.277 e. The first-order chi connectivity index (χ1) is 17.9. The molecule has 6 rings (SSSR count). The van der Waals surface area contributed by atoms with Gasteiger partial charge in [-0.1, -0.05) is 17.7 Å². The molecule has 188 valence electrons. The number of amides is 2. The monoisotopic (exact) mass is 494 g/mol. The van der Waals surface area contributed by atoms with Gasteiger partial charge in [0.2, 0.25) is 5.91 Å². The topological polar surface area (TPSA) is 76.3 Å². The molecule has 1 aliphatic carbocycles. The fourth-order valence-corrected chi connectivity index (χ4v) is 5.06. The molecule has 0 radical (unpaired) electrons. The van der Waals surface area contributed by atoms with E-state index in [0.717, 1.165) is 59.0 Å². The van der Waals surface area contributed by atoms with E-state index in [1.54, 1.807) is 15.8 Å². The van der Waals surface area contributed by atoms with Crippen molar-refractivity contribution in [3.8, 4) is 11.4 Å². The first kappa shape index (κ1) is 23.2. The van der Waals surface area contributed by atoms with E-state index in [1.165, 1.54) is 0 Å². The van der Waals surface area contributed by atoms with Crippen LogP contribution in [0, 0.1) is 19.8 Å². The molecule has 1 fully saturated rings. The molecule has 37 heavy (non-hydrogen) atoms. The van der Waals surface area contributed by atoms with Crippen molar-refractivity contribution in [3.05, 3.63) is 89.3 Å². The fourth-order valence-electron chi connectivity index (χ4n) is 5.06. The van der Waals surface area contributed by atoms with Gasteiger partial charge in [0.1, 0.15) is 11.5 Å². The van der Waals surface area contributed by atoms with Crippen molar-refractivity contribution in [2.45, 2.75) is 39.7 Å². The molecule has 4 aromatic rings. The second-order valence-electron chi connectivity index (χ2n) is 10.1. The maximum absolute atomic E-state index is 13.7. The fraction of sp³-hybridized carbons (Fsp3) is 0.310. The minimum atomic E-state index is -0.0429. The summed E-state index contributed by atoms with van der Waals surface area (Å²) in [5.41, 5.74) is 6.39. The summed E-state index contributed by atoms with van der Waals surface area (Å²) in [5.74, 6) is 1.13. The number of aromatic nitrogens is 4. The predicted molar refractivity (Wildman–Crippen MR) is 141 cm³/mol. The molecule has 2 aromatic carbocycles. The largest absolute Gasteiger partial charge is 0.338 e. The molecule has 2 aliphatic rings. The van der Waals surface area contributed by atoms with Gasteiger partial charge >= 0.3 is 0 Å². The summed E-state index contributed by atoms with van der Waals surface area (Å²) in [4.78, 5) is 34.2. The molecule has 0 saturated heterocycles. The summed E-state index contributed by atoms with van der Waals surface area (Å²) in [7, 11) is 1.84. The molecule has 2 aromatic heterocycles. The minimum Gasteiger partial charge on any atom is -0.338 e. The van der Waals surface area contributed by atoms with E-state index in [1.807, 2.05) is 85.1 Å². The molecule has 1 aliphatic heterocycles. The van der Waals surface area contributed by atoms with Crippen LogP contribution < -0.4 is 4.90 Å². The van der Waals surface area contributed by atoms with Gasteiger partial charge in [0, 0.05) is 48.8 Å². The van der Waals surface area contributed by atoms with E-state index in [2.05, 4.69) is 4.98 Å². The Bertz CT molecular complexity index is 1480. The molecule has 0 N–H and O–H groups in total. The van der Waals surface area contributed by atoms with Crippen molar-refractivity contribution in [1.82, 2.24) is 24.2 Å². The second-order valence-corrected chi connectivity index (χ2v) is 10.1. The quantitative estimate of drug-likeness (QED) is 0.402. The van der Waals surface area contributed by atoms with Gasteiger partial charge in [-0.15, -0.1) is 0 Å². The number of carbonyl (C=O) groups is 2. The zero-order valence-corrected chi connectivity index (χ0v) is 21.4. The van der Waals surface area contributed by atoms with Gasteiger partial charge < -0.3 is 14.4 Å². The van der Waals surface area contributed by atoms with E-state index in [-0.39, 0.29) is 17.7 Å². The van der Waals surface area contributed by atoms with Crippen LogP contribution in [0.1, 0.15) is 46.0 Å². The average Bonchev–Trinajstić information content (AvgIpc) is 3.56. The third kappa shape index (κ3) is 4.22. The number of benzene rings is 2. The summed E-state index contributed by atoms with van der Waals surface area (Å²) in [6, 6.07) is 16.0. The molecule has 1 saturated carbocycles. The zero-order chi connectivity index (χ0) is 25.7.